The Labute approximate surface area is 73.7 Å². The number of carbonyl (C=O) groups excluding carboxylic acids is 1. The highest BCUT2D eigenvalue weighted by molar-refractivity contribution is 5.80. The molecule has 12 heavy (non-hydrogen) atoms. The Kier molecular flexibility index (Phi) is 2.73. The van der Waals surface area contributed by atoms with Crippen molar-refractivity contribution in [1.29, 1.82) is 0 Å². The molecule has 0 unspecified atom stereocenters. The predicted molar refractivity (Wildman–Crippen MR) is 46.9 cm³/mol. The molecule has 0 radical (unpaired) electrons. The molecular formula is C9H17NO2. The monoisotopic (exact) mass is 171 g/mol. The molecule has 0 aromatic rings. The van der Waals surface area contributed by atoms with Gasteiger partial charge >= 0.3 is 5.97 Å². The Hall–Kier alpha value is -0.570. The lowest BCUT2D eigenvalue weighted by Gasteiger charge is -2.19. The minimum absolute atomic E-state index is 0.0391. The molecule has 1 aliphatic rings. The average molecular weight is 171 g/mol. The van der Waals surface area contributed by atoms with Crippen molar-refractivity contribution in [1.82, 2.24) is 4.90 Å². The molecule has 0 heterocycles. The highest BCUT2D eigenvalue weighted by atomic mass is 16.5. The smallest absolute Gasteiger partial charge is 0.313 e. The van der Waals surface area contributed by atoms with Crippen molar-refractivity contribution in [3.63, 3.8) is 0 Å². The van der Waals surface area contributed by atoms with Gasteiger partial charge in [-0.1, -0.05) is 6.92 Å². The van der Waals surface area contributed by atoms with Gasteiger partial charge in [-0.2, -0.15) is 0 Å². The molecule has 0 aromatic carbocycles. The summed E-state index contributed by atoms with van der Waals surface area (Å²) in [5, 5.41) is 0. The van der Waals surface area contributed by atoms with Crippen LogP contribution in [-0.4, -0.2) is 38.1 Å². The summed E-state index contributed by atoms with van der Waals surface area (Å²) < 4.78 is 4.76. The van der Waals surface area contributed by atoms with Crippen LogP contribution in [0.15, 0.2) is 0 Å². The zero-order valence-electron chi connectivity index (χ0n) is 8.09. The Morgan fingerprint density at radius 3 is 2.50 bits per heavy atom. The summed E-state index contributed by atoms with van der Waals surface area (Å²) in [6.45, 7) is 3.92. The van der Waals surface area contributed by atoms with E-state index in [2.05, 4.69) is 11.8 Å². The molecule has 0 amide bonds. The molecule has 1 fully saturated rings. The number of esters is 1. The average Bonchev–Trinajstić information content (AvgIpc) is 2.84. The van der Waals surface area contributed by atoms with E-state index >= 15 is 0 Å². The van der Waals surface area contributed by atoms with Gasteiger partial charge in [-0.15, -0.1) is 0 Å². The summed E-state index contributed by atoms with van der Waals surface area (Å²) >= 11 is 0. The van der Waals surface area contributed by atoms with Gasteiger partial charge in [0.15, 0.2) is 0 Å². The second-order valence-electron chi connectivity index (χ2n) is 3.60. The van der Waals surface area contributed by atoms with Crippen LogP contribution in [0.2, 0.25) is 0 Å². The minimum Gasteiger partial charge on any atom is -0.469 e. The minimum atomic E-state index is -0.153. The summed E-state index contributed by atoms with van der Waals surface area (Å²) in [4.78, 5) is 13.5. The van der Waals surface area contributed by atoms with Crippen molar-refractivity contribution in [2.24, 2.45) is 5.41 Å². The van der Waals surface area contributed by atoms with Crippen LogP contribution in [0.3, 0.4) is 0 Å². The van der Waals surface area contributed by atoms with Crippen LogP contribution in [0.5, 0.6) is 0 Å². The van der Waals surface area contributed by atoms with Gasteiger partial charge < -0.3 is 9.64 Å². The van der Waals surface area contributed by atoms with Crippen LogP contribution in [0, 0.1) is 5.41 Å². The zero-order chi connectivity index (χ0) is 9.19. The van der Waals surface area contributed by atoms with Gasteiger partial charge in [-0.3, -0.25) is 4.79 Å². The van der Waals surface area contributed by atoms with Crippen molar-refractivity contribution in [3.05, 3.63) is 0 Å². The van der Waals surface area contributed by atoms with E-state index in [4.69, 9.17) is 4.74 Å². The molecule has 0 spiro atoms. The summed E-state index contributed by atoms with van der Waals surface area (Å²) in [6.07, 6.45) is 1.98. The fourth-order valence-corrected chi connectivity index (χ4v) is 1.42. The highest BCUT2D eigenvalue weighted by Crippen LogP contribution is 2.47. The Morgan fingerprint density at radius 1 is 1.58 bits per heavy atom. The first-order valence-electron chi connectivity index (χ1n) is 4.41. The number of ether oxygens (including phenoxy) is 1. The molecule has 1 rings (SSSR count). The predicted octanol–water partition coefficient (Wildman–Crippen LogP) is 0.891. The van der Waals surface area contributed by atoms with Gasteiger partial charge in [0.2, 0.25) is 0 Å². The van der Waals surface area contributed by atoms with Crippen LogP contribution in [0.4, 0.5) is 0 Å². The van der Waals surface area contributed by atoms with E-state index in [1.165, 1.54) is 7.11 Å². The van der Waals surface area contributed by atoms with E-state index in [1.54, 1.807) is 0 Å². The SMILES string of the molecule is CCN(C)CC1(C(=O)OC)CC1. The van der Waals surface area contributed by atoms with Crippen molar-refractivity contribution < 1.29 is 9.53 Å². The van der Waals surface area contributed by atoms with Crippen molar-refractivity contribution >= 4 is 5.97 Å². The lowest BCUT2D eigenvalue weighted by atomic mass is 10.1. The third kappa shape index (κ3) is 1.78. The molecule has 70 valence electrons. The van der Waals surface area contributed by atoms with E-state index in [0.29, 0.717) is 0 Å². The lowest BCUT2D eigenvalue weighted by molar-refractivity contribution is -0.147. The van der Waals surface area contributed by atoms with E-state index in [9.17, 15) is 4.79 Å². The lowest BCUT2D eigenvalue weighted by Crippen LogP contribution is -2.32. The maximum Gasteiger partial charge on any atom is 0.313 e. The second kappa shape index (κ2) is 3.44. The van der Waals surface area contributed by atoms with E-state index in [0.717, 1.165) is 25.9 Å². The third-order valence-electron chi connectivity index (χ3n) is 2.58. The largest absolute Gasteiger partial charge is 0.469 e. The third-order valence-corrected chi connectivity index (χ3v) is 2.58. The van der Waals surface area contributed by atoms with Crippen molar-refractivity contribution in [2.45, 2.75) is 19.8 Å². The van der Waals surface area contributed by atoms with Gasteiger partial charge in [0.25, 0.3) is 0 Å². The molecule has 3 heteroatoms. The molecule has 0 aromatic heterocycles. The summed E-state index contributed by atoms with van der Waals surface area (Å²) in [6, 6.07) is 0. The molecule has 0 atom stereocenters. The second-order valence-corrected chi connectivity index (χ2v) is 3.60. The summed E-state index contributed by atoms with van der Waals surface area (Å²) in [5.41, 5.74) is -0.153. The first kappa shape index (κ1) is 9.52. The van der Waals surface area contributed by atoms with Crippen LogP contribution in [-0.2, 0) is 9.53 Å². The molecule has 0 aliphatic heterocycles. The first-order chi connectivity index (χ1) is 5.64. The molecule has 0 N–H and O–H groups in total. The normalized spacial score (nSPS) is 19.3. The number of hydrogen-bond acceptors (Lipinski definition) is 3. The maximum atomic E-state index is 11.3. The molecule has 0 bridgehead atoms. The van der Waals surface area contributed by atoms with Gasteiger partial charge in [0.1, 0.15) is 0 Å². The zero-order valence-corrected chi connectivity index (χ0v) is 8.09. The molecule has 1 aliphatic carbocycles. The Balaban J connectivity index is 2.44. The van der Waals surface area contributed by atoms with Crippen molar-refractivity contribution in [3.8, 4) is 0 Å². The van der Waals surface area contributed by atoms with E-state index in [-0.39, 0.29) is 11.4 Å². The summed E-state index contributed by atoms with van der Waals surface area (Å²) in [5.74, 6) is -0.0391. The molecule has 0 saturated heterocycles. The Morgan fingerprint density at radius 2 is 2.17 bits per heavy atom. The number of rotatable bonds is 4. The fraction of sp³-hybridized carbons (Fsp3) is 0.889. The fourth-order valence-electron chi connectivity index (χ4n) is 1.42. The van der Waals surface area contributed by atoms with Gasteiger partial charge in [-0.05, 0) is 26.4 Å². The van der Waals surface area contributed by atoms with Crippen LogP contribution in [0.1, 0.15) is 19.8 Å². The maximum absolute atomic E-state index is 11.3. The first-order valence-corrected chi connectivity index (χ1v) is 4.41. The Bertz CT molecular complexity index is 175. The van der Waals surface area contributed by atoms with E-state index < -0.39 is 0 Å². The summed E-state index contributed by atoms with van der Waals surface area (Å²) in [7, 11) is 3.50. The number of methoxy groups -OCH3 is 1. The van der Waals surface area contributed by atoms with Crippen molar-refractivity contribution in [2.75, 3.05) is 27.2 Å². The van der Waals surface area contributed by atoms with Crippen LogP contribution >= 0.6 is 0 Å². The number of carbonyl (C=O) groups is 1. The van der Waals surface area contributed by atoms with E-state index in [1.807, 2.05) is 7.05 Å². The van der Waals surface area contributed by atoms with Gasteiger partial charge in [-0.25, -0.2) is 0 Å². The molecular weight excluding hydrogens is 154 g/mol. The topological polar surface area (TPSA) is 29.5 Å². The number of hydrogen-bond donors (Lipinski definition) is 0. The standard InChI is InChI=1S/C9H17NO2/c1-4-10(2)7-9(5-6-9)8(11)12-3/h4-7H2,1-3H3. The van der Waals surface area contributed by atoms with Gasteiger partial charge in [0, 0.05) is 6.54 Å². The molecule has 3 nitrogen and oxygen atoms in total. The van der Waals surface area contributed by atoms with Gasteiger partial charge in [0.05, 0.1) is 12.5 Å². The van der Waals surface area contributed by atoms with Crippen LogP contribution in [0.25, 0.3) is 0 Å². The van der Waals surface area contributed by atoms with Crippen LogP contribution < -0.4 is 0 Å². The quantitative estimate of drug-likeness (QED) is 0.588. The molecule has 1 saturated carbocycles. The number of nitrogens with zero attached hydrogens (tertiary/aromatic N) is 1. The highest BCUT2D eigenvalue weighted by Gasteiger charge is 2.51.